The molecule has 1 saturated heterocycles. The summed E-state index contributed by atoms with van der Waals surface area (Å²) in [6.45, 7) is 12.3. The van der Waals surface area contributed by atoms with Crippen molar-refractivity contribution in [3.05, 3.63) is 57.9 Å². The van der Waals surface area contributed by atoms with Gasteiger partial charge in [-0.05, 0) is 80.0 Å². The summed E-state index contributed by atoms with van der Waals surface area (Å²) in [5, 5.41) is 12.6. The van der Waals surface area contributed by atoms with Crippen LogP contribution >= 0.6 is 0 Å². The molecule has 1 aromatic heterocycles. The second-order valence-electron chi connectivity index (χ2n) is 12.1. The first-order valence-electron chi connectivity index (χ1n) is 14.2. The van der Waals surface area contributed by atoms with Crippen molar-refractivity contribution in [2.24, 2.45) is 0 Å². The number of hydrogen-bond donors (Lipinski definition) is 1. The molecule has 2 unspecified atom stereocenters. The highest BCUT2D eigenvalue weighted by molar-refractivity contribution is 5.94. The number of likely N-dealkylation sites (tertiary alicyclic amines) is 1. The third kappa shape index (κ3) is 6.77. The molecule has 2 atom stereocenters. The molecule has 1 aliphatic carbocycles. The third-order valence-electron chi connectivity index (χ3n) is 8.47. The molecule has 1 amide bonds. The molecule has 6 nitrogen and oxygen atoms in total. The molecule has 0 radical (unpaired) electrons. The number of piperidine rings is 1. The molecule has 202 valence electrons. The molecule has 1 aliphatic heterocycles. The van der Waals surface area contributed by atoms with E-state index in [4.69, 9.17) is 4.74 Å². The number of aromatic nitrogens is 2. The van der Waals surface area contributed by atoms with Gasteiger partial charge >= 0.3 is 0 Å². The van der Waals surface area contributed by atoms with Gasteiger partial charge in [0.1, 0.15) is 0 Å². The van der Waals surface area contributed by atoms with Gasteiger partial charge in [0, 0.05) is 32.3 Å². The molecule has 0 spiro atoms. The van der Waals surface area contributed by atoms with Gasteiger partial charge < -0.3 is 15.0 Å². The summed E-state index contributed by atoms with van der Waals surface area (Å²) in [4.78, 5) is 15.4. The van der Waals surface area contributed by atoms with Crippen molar-refractivity contribution >= 4 is 5.91 Å². The molecular weight excluding hydrogens is 460 g/mol. The highest BCUT2D eigenvalue weighted by Gasteiger charge is 2.31. The second-order valence-corrected chi connectivity index (χ2v) is 12.1. The van der Waals surface area contributed by atoms with Crippen LogP contribution in [0, 0.1) is 13.8 Å². The Labute approximate surface area is 223 Å². The zero-order valence-electron chi connectivity index (χ0n) is 23.8. The van der Waals surface area contributed by atoms with Gasteiger partial charge in [0.25, 0.3) is 5.91 Å². The quantitative estimate of drug-likeness (QED) is 0.550. The summed E-state index contributed by atoms with van der Waals surface area (Å²) in [7, 11) is 1.83. The van der Waals surface area contributed by atoms with Crippen LogP contribution in [0.25, 0.3) is 0 Å². The molecule has 0 bridgehead atoms. The maximum atomic E-state index is 13.5. The predicted octanol–water partition coefficient (Wildman–Crippen LogP) is 5.33. The Morgan fingerprint density at radius 3 is 2.32 bits per heavy atom. The Kier molecular flexibility index (Phi) is 9.02. The average molecular weight is 507 g/mol. The van der Waals surface area contributed by atoms with Crippen LogP contribution < -0.4 is 5.32 Å². The van der Waals surface area contributed by atoms with Crippen LogP contribution in [0.3, 0.4) is 0 Å². The number of nitrogens with one attached hydrogen (secondary N) is 1. The number of carbonyl (C=O) groups excluding carboxylic acids is 1. The van der Waals surface area contributed by atoms with E-state index in [9.17, 15) is 4.79 Å². The van der Waals surface area contributed by atoms with E-state index in [0.29, 0.717) is 23.9 Å². The van der Waals surface area contributed by atoms with Crippen molar-refractivity contribution in [3.8, 4) is 0 Å². The average Bonchev–Trinajstić information content (AvgIpc) is 2.89. The number of carbonyl (C=O) groups is 1. The summed E-state index contributed by atoms with van der Waals surface area (Å²) in [5.74, 6) is 0.0201. The van der Waals surface area contributed by atoms with Crippen molar-refractivity contribution in [1.82, 2.24) is 20.4 Å². The van der Waals surface area contributed by atoms with Gasteiger partial charge in [0.2, 0.25) is 0 Å². The second kappa shape index (κ2) is 12.0. The third-order valence-corrected chi connectivity index (χ3v) is 8.47. The van der Waals surface area contributed by atoms with Gasteiger partial charge in [-0.25, -0.2) is 0 Å². The maximum absolute atomic E-state index is 13.5. The molecular formula is C31H46N4O2. The molecule has 2 aromatic rings. The number of methoxy groups -OCH3 is 1. The summed E-state index contributed by atoms with van der Waals surface area (Å²) < 4.78 is 5.72. The van der Waals surface area contributed by atoms with Crippen molar-refractivity contribution in [2.75, 3.05) is 20.2 Å². The lowest BCUT2D eigenvalue weighted by Crippen LogP contribution is -2.52. The van der Waals surface area contributed by atoms with Crippen molar-refractivity contribution in [3.63, 3.8) is 0 Å². The van der Waals surface area contributed by atoms with E-state index in [1.807, 2.05) is 25.9 Å². The number of benzene rings is 1. The monoisotopic (exact) mass is 506 g/mol. The lowest BCUT2D eigenvalue weighted by Gasteiger charge is -2.38. The Balaban J connectivity index is 1.36. The van der Waals surface area contributed by atoms with Crippen LogP contribution in [0.15, 0.2) is 24.3 Å². The first kappa shape index (κ1) is 27.7. The minimum atomic E-state index is 0.0201. The molecule has 1 aromatic carbocycles. The van der Waals surface area contributed by atoms with Gasteiger partial charge in [-0.2, -0.15) is 5.10 Å². The van der Waals surface area contributed by atoms with E-state index >= 15 is 0 Å². The van der Waals surface area contributed by atoms with Gasteiger partial charge in [-0.3, -0.25) is 4.79 Å². The highest BCUT2D eigenvalue weighted by atomic mass is 16.5. The van der Waals surface area contributed by atoms with Gasteiger partial charge in [0.15, 0.2) is 5.69 Å². The largest absolute Gasteiger partial charge is 0.380 e. The first-order chi connectivity index (χ1) is 17.7. The maximum Gasteiger partial charge on any atom is 0.274 e. The molecule has 2 aliphatic rings. The predicted molar refractivity (Wildman–Crippen MR) is 149 cm³/mol. The molecule has 6 heteroatoms. The molecule has 4 rings (SSSR count). The molecule has 1 N–H and O–H groups in total. The van der Waals surface area contributed by atoms with Crippen molar-refractivity contribution in [2.45, 2.75) is 110 Å². The smallest absolute Gasteiger partial charge is 0.274 e. The number of aryl methyl sites for hydroxylation is 2. The first-order valence-corrected chi connectivity index (χ1v) is 14.2. The lowest BCUT2D eigenvalue weighted by molar-refractivity contribution is 0.0329. The van der Waals surface area contributed by atoms with Crippen LogP contribution in [0.5, 0.6) is 0 Å². The fraction of sp³-hybridized carbons (Fsp3) is 0.645. The number of amides is 1. The molecule has 2 fully saturated rings. The normalized spacial score (nSPS) is 21.3. The number of ether oxygens (including phenoxy) is 1. The number of rotatable bonds is 7. The highest BCUT2D eigenvalue weighted by Crippen LogP contribution is 2.25. The van der Waals surface area contributed by atoms with Crippen molar-refractivity contribution < 1.29 is 9.53 Å². The molecule has 1 saturated carbocycles. The minimum absolute atomic E-state index is 0.0201. The fourth-order valence-corrected chi connectivity index (χ4v) is 5.96. The number of hydrogen-bond acceptors (Lipinski definition) is 5. The fourth-order valence-electron chi connectivity index (χ4n) is 5.96. The Bertz CT molecular complexity index is 1050. The number of nitrogens with zero attached hydrogens (tertiary/aromatic N) is 3. The van der Waals surface area contributed by atoms with E-state index in [1.54, 1.807) is 0 Å². The van der Waals surface area contributed by atoms with Gasteiger partial charge in [-0.1, -0.05) is 57.9 Å². The Morgan fingerprint density at radius 1 is 1.00 bits per heavy atom. The van der Waals surface area contributed by atoms with Crippen LogP contribution in [0.2, 0.25) is 0 Å². The van der Waals surface area contributed by atoms with E-state index in [1.165, 1.54) is 30.4 Å². The van der Waals surface area contributed by atoms with Crippen molar-refractivity contribution in [1.29, 1.82) is 0 Å². The zero-order chi connectivity index (χ0) is 26.6. The lowest BCUT2D eigenvalue weighted by atomic mass is 9.86. The zero-order valence-corrected chi connectivity index (χ0v) is 23.8. The SMILES string of the molecule is COC1CCCCC1NC1CCN(C(=O)c2nnc(C)c(CCc3ccc(C(C)(C)C)cc3)c2C)CC1. The Hall–Kier alpha value is -2.31. The molecule has 37 heavy (non-hydrogen) atoms. The topological polar surface area (TPSA) is 67.3 Å². The summed E-state index contributed by atoms with van der Waals surface area (Å²) in [6, 6.07) is 9.80. The summed E-state index contributed by atoms with van der Waals surface area (Å²) in [6.07, 6.45) is 8.87. The van der Waals surface area contributed by atoms with E-state index in [-0.39, 0.29) is 11.3 Å². The standard InChI is InChI=1S/C31H46N4O2/c1-21-26(16-13-23-11-14-24(15-12-23)31(3,4)5)22(2)33-34-29(21)30(36)35-19-17-25(18-20-35)32-27-9-7-8-10-28(27)37-6/h11-12,14-15,25,27-28,32H,7-10,13,16-20H2,1-6H3. The minimum Gasteiger partial charge on any atom is -0.380 e. The van der Waals surface area contributed by atoms with Crippen LogP contribution in [0.1, 0.15) is 97.7 Å². The summed E-state index contributed by atoms with van der Waals surface area (Å²) in [5.41, 5.74) is 6.37. The Morgan fingerprint density at radius 2 is 1.68 bits per heavy atom. The van der Waals surface area contributed by atoms with Crippen LogP contribution in [-0.2, 0) is 23.0 Å². The van der Waals surface area contributed by atoms with Gasteiger partial charge in [-0.15, -0.1) is 5.10 Å². The van der Waals surface area contributed by atoms with E-state index in [0.717, 1.165) is 62.0 Å². The van der Waals surface area contributed by atoms with E-state index < -0.39 is 0 Å². The van der Waals surface area contributed by atoms with Gasteiger partial charge in [0.05, 0.1) is 11.8 Å². The van der Waals surface area contributed by atoms with Crippen LogP contribution in [-0.4, -0.2) is 59.4 Å². The van der Waals surface area contributed by atoms with E-state index in [2.05, 4.69) is 60.6 Å². The molecule has 2 heterocycles. The van der Waals surface area contributed by atoms with Crippen LogP contribution in [0.4, 0.5) is 0 Å². The summed E-state index contributed by atoms with van der Waals surface area (Å²) >= 11 is 0.